The maximum Gasteiger partial charge on any atom is 0.0586 e. The van der Waals surface area contributed by atoms with Gasteiger partial charge in [0.15, 0.2) is 0 Å². The lowest BCUT2D eigenvalue weighted by molar-refractivity contribution is 0.0621. The molecule has 2 saturated carbocycles. The molecule has 2 rings (SSSR count). The topological polar surface area (TPSA) is 23.5 Å². The molecular weight excluding hydrogens is 138 g/mol. The molecule has 2 bridgehead atoms. The van der Waals surface area contributed by atoms with Crippen molar-refractivity contribution in [2.45, 2.75) is 31.4 Å². The molecule has 0 spiro atoms. The van der Waals surface area contributed by atoms with Crippen molar-refractivity contribution in [2.75, 3.05) is 14.1 Å². The van der Waals surface area contributed by atoms with Crippen LogP contribution < -0.4 is 0 Å². The third-order valence-corrected chi connectivity index (χ3v) is 3.41. The molecule has 0 saturated heterocycles. The Morgan fingerprint density at radius 3 is 2.27 bits per heavy atom. The summed E-state index contributed by atoms with van der Waals surface area (Å²) >= 11 is 0. The first-order valence-corrected chi connectivity index (χ1v) is 4.53. The molecule has 0 aliphatic heterocycles. The first-order chi connectivity index (χ1) is 5.18. The summed E-state index contributed by atoms with van der Waals surface area (Å²) in [5, 5.41) is 9.61. The third kappa shape index (κ3) is 1.09. The molecule has 2 aliphatic rings. The zero-order chi connectivity index (χ0) is 8.01. The number of hydrogen-bond donors (Lipinski definition) is 1. The van der Waals surface area contributed by atoms with E-state index in [9.17, 15) is 5.11 Å². The fourth-order valence-electron chi connectivity index (χ4n) is 2.87. The number of fused-ring (bicyclic) bond motifs is 2. The van der Waals surface area contributed by atoms with E-state index in [0.717, 1.165) is 12.3 Å². The van der Waals surface area contributed by atoms with E-state index in [-0.39, 0.29) is 6.10 Å². The molecule has 0 aromatic heterocycles. The van der Waals surface area contributed by atoms with Crippen molar-refractivity contribution in [3.8, 4) is 0 Å². The second-order valence-electron chi connectivity index (χ2n) is 4.34. The molecule has 2 fully saturated rings. The lowest BCUT2D eigenvalue weighted by atomic mass is 9.92. The van der Waals surface area contributed by atoms with Crippen LogP contribution in [0.5, 0.6) is 0 Å². The Balaban J connectivity index is 2.06. The molecule has 0 aromatic carbocycles. The van der Waals surface area contributed by atoms with Gasteiger partial charge in [0.05, 0.1) is 6.10 Å². The van der Waals surface area contributed by atoms with Gasteiger partial charge in [0, 0.05) is 12.0 Å². The molecular formula is C9H17NO. The highest BCUT2D eigenvalue weighted by molar-refractivity contribution is 4.98. The van der Waals surface area contributed by atoms with Gasteiger partial charge >= 0.3 is 0 Å². The number of aliphatic hydroxyl groups is 1. The van der Waals surface area contributed by atoms with Crippen LogP contribution in [-0.2, 0) is 0 Å². The fourth-order valence-corrected chi connectivity index (χ4v) is 2.87. The number of hydrogen-bond acceptors (Lipinski definition) is 2. The Hall–Kier alpha value is -0.0800. The molecule has 4 atom stereocenters. The predicted octanol–water partition coefficient (Wildman–Crippen LogP) is 0.707. The van der Waals surface area contributed by atoms with E-state index in [1.165, 1.54) is 12.8 Å². The van der Waals surface area contributed by atoms with Gasteiger partial charge in [-0.25, -0.2) is 0 Å². The van der Waals surface area contributed by atoms with Crippen LogP contribution in [0, 0.1) is 11.8 Å². The summed E-state index contributed by atoms with van der Waals surface area (Å²) < 4.78 is 0. The third-order valence-electron chi connectivity index (χ3n) is 3.41. The Labute approximate surface area is 68.2 Å². The second-order valence-corrected chi connectivity index (χ2v) is 4.34. The molecule has 0 radical (unpaired) electrons. The normalized spacial score (nSPS) is 49.1. The molecule has 64 valence electrons. The van der Waals surface area contributed by atoms with Crippen LogP contribution in [0.2, 0.25) is 0 Å². The largest absolute Gasteiger partial charge is 0.393 e. The van der Waals surface area contributed by atoms with Gasteiger partial charge in [-0.15, -0.1) is 0 Å². The van der Waals surface area contributed by atoms with Gasteiger partial charge in [-0.1, -0.05) is 0 Å². The zero-order valence-corrected chi connectivity index (χ0v) is 7.33. The second kappa shape index (κ2) is 2.46. The van der Waals surface area contributed by atoms with Crippen LogP contribution in [0.15, 0.2) is 0 Å². The fraction of sp³-hybridized carbons (Fsp3) is 1.00. The molecule has 0 heterocycles. The highest BCUT2D eigenvalue weighted by Crippen LogP contribution is 2.46. The maximum atomic E-state index is 9.61. The van der Waals surface area contributed by atoms with Crippen molar-refractivity contribution >= 4 is 0 Å². The van der Waals surface area contributed by atoms with E-state index in [1.54, 1.807) is 0 Å². The van der Waals surface area contributed by atoms with Gasteiger partial charge in [0.25, 0.3) is 0 Å². The summed E-state index contributed by atoms with van der Waals surface area (Å²) in [6.45, 7) is 0. The molecule has 2 heteroatoms. The van der Waals surface area contributed by atoms with E-state index in [0.29, 0.717) is 12.0 Å². The van der Waals surface area contributed by atoms with Gasteiger partial charge in [-0.05, 0) is 39.3 Å². The maximum absolute atomic E-state index is 9.61. The van der Waals surface area contributed by atoms with Crippen LogP contribution >= 0.6 is 0 Å². The standard InChI is InChI=1S/C9H17NO/c1-10(2)8-4-6-3-7(8)9(11)5-6/h6-9,11H,3-5H2,1-2H3. The summed E-state index contributed by atoms with van der Waals surface area (Å²) in [6, 6.07) is 0.656. The summed E-state index contributed by atoms with van der Waals surface area (Å²) in [5.41, 5.74) is 0. The number of rotatable bonds is 1. The Morgan fingerprint density at radius 2 is 1.91 bits per heavy atom. The first kappa shape index (κ1) is 7.56. The van der Waals surface area contributed by atoms with Crippen LogP contribution in [0.4, 0.5) is 0 Å². The molecule has 2 nitrogen and oxygen atoms in total. The molecule has 4 unspecified atom stereocenters. The molecule has 11 heavy (non-hydrogen) atoms. The average Bonchev–Trinajstić information content (AvgIpc) is 2.43. The van der Waals surface area contributed by atoms with Gasteiger partial charge < -0.3 is 10.0 Å². The van der Waals surface area contributed by atoms with Crippen molar-refractivity contribution in [1.29, 1.82) is 0 Å². The van der Waals surface area contributed by atoms with Crippen LogP contribution in [0.1, 0.15) is 19.3 Å². The van der Waals surface area contributed by atoms with E-state index in [1.807, 2.05) is 0 Å². The van der Waals surface area contributed by atoms with Gasteiger partial charge in [0.2, 0.25) is 0 Å². The highest BCUT2D eigenvalue weighted by Gasteiger charge is 2.46. The predicted molar refractivity (Wildman–Crippen MR) is 44.3 cm³/mol. The van der Waals surface area contributed by atoms with Crippen molar-refractivity contribution in [3.05, 3.63) is 0 Å². The van der Waals surface area contributed by atoms with Crippen molar-refractivity contribution in [3.63, 3.8) is 0 Å². The number of nitrogens with zero attached hydrogens (tertiary/aromatic N) is 1. The first-order valence-electron chi connectivity index (χ1n) is 4.53. The molecule has 1 N–H and O–H groups in total. The summed E-state index contributed by atoms with van der Waals surface area (Å²) in [5.74, 6) is 1.40. The van der Waals surface area contributed by atoms with Gasteiger partial charge in [0.1, 0.15) is 0 Å². The Kier molecular flexibility index (Phi) is 1.69. The van der Waals surface area contributed by atoms with Crippen molar-refractivity contribution < 1.29 is 5.11 Å². The monoisotopic (exact) mass is 155 g/mol. The summed E-state index contributed by atoms with van der Waals surface area (Å²) in [6.07, 6.45) is 3.65. The minimum atomic E-state index is 0.00106. The number of aliphatic hydroxyl groups excluding tert-OH is 1. The highest BCUT2D eigenvalue weighted by atomic mass is 16.3. The minimum Gasteiger partial charge on any atom is -0.393 e. The van der Waals surface area contributed by atoms with Crippen LogP contribution in [-0.4, -0.2) is 36.2 Å². The van der Waals surface area contributed by atoms with Gasteiger partial charge in [-0.2, -0.15) is 0 Å². The van der Waals surface area contributed by atoms with Gasteiger partial charge in [-0.3, -0.25) is 0 Å². The Morgan fingerprint density at radius 1 is 1.18 bits per heavy atom. The SMILES string of the molecule is CN(C)C1CC2CC(O)C1C2. The van der Waals surface area contributed by atoms with Crippen LogP contribution in [0.25, 0.3) is 0 Å². The smallest absolute Gasteiger partial charge is 0.0586 e. The quantitative estimate of drug-likeness (QED) is 0.602. The molecule has 2 aliphatic carbocycles. The minimum absolute atomic E-state index is 0.00106. The lowest BCUT2D eigenvalue weighted by Crippen LogP contribution is -2.38. The molecule has 0 aromatic rings. The lowest BCUT2D eigenvalue weighted by Gasteiger charge is -2.31. The van der Waals surface area contributed by atoms with E-state index < -0.39 is 0 Å². The van der Waals surface area contributed by atoms with Crippen molar-refractivity contribution in [1.82, 2.24) is 4.90 Å². The van der Waals surface area contributed by atoms with E-state index >= 15 is 0 Å². The van der Waals surface area contributed by atoms with E-state index in [2.05, 4.69) is 19.0 Å². The van der Waals surface area contributed by atoms with E-state index in [4.69, 9.17) is 0 Å². The zero-order valence-electron chi connectivity index (χ0n) is 7.33. The van der Waals surface area contributed by atoms with Crippen LogP contribution in [0.3, 0.4) is 0 Å². The average molecular weight is 155 g/mol. The van der Waals surface area contributed by atoms with Crippen molar-refractivity contribution in [2.24, 2.45) is 11.8 Å². The summed E-state index contributed by atoms with van der Waals surface area (Å²) in [4.78, 5) is 2.27. The molecule has 0 amide bonds. The summed E-state index contributed by atoms with van der Waals surface area (Å²) in [7, 11) is 4.25. The Bertz CT molecular complexity index is 158.